The third-order valence-corrected chi connectivity index (χ3v) is 1.43. The molecule has 0 spiro atoms. The standard InChI is InChI=1S/C8H3F6/c9-7(10,11)5-2-1-3-6(4-5)8(12,13)14/h1-2,4H. The molecule has 0 aromatic heterocycles. The first kappa shape index (κ1) is 10.9. The molecule has 0 unspecified atom stereocenters. The summed E-state index contributed by atoms with van der Waals surface area (Å²) in [5.41, 5.74) is -2.75. The fourth-order valence-corrected chi connectivity index (χ4v) is 0.806. The van der Waals surface area contributed by atoms with E-state index in [4.69, 9.17) is 0 Å². The molecule has 0 amide bonds. The Bertz CT molecular complexity index is 292. The Labute approximate surface area is 75.2 Å². The van der Waals surface area contributed by atoms with Crippen LogP contribution in [-0.2, 0) is 12.4 Å². The van der Waals surface area contributed by atoms with Crippen LogP contribution in [0.5, 0.6) is 0 Å². The molecule has 0 aliphatic heterocycles. The van der Waals surface area contributed by atoms with E-state index in [9.17, 15) is 26.3 Å². The molecule has 6 heteroatoms. The second kappa shape index (κ2) is 3.18. The number of halogens is 6. The van der Waals surface area contributed by atoms with Gasteiger partial charge < -0.3 is 0 Å². The van der Waals surface area contributed by atoms with Gasteiger partial charge in [-0.15, -0.1) is 0 Å². The van der Waals surface area contributed by atoms with Crippen LogP contribution in [0, 0.1) is 6.07 Å². The molecule has 77 valence electrons. The molecule has 1 aromatic carbocycles. The van der Waals surface area contributed by atoms with E-state index in [1.54, 1.807) is 6.07 Å². The van der Waals surface area contributed by atoms with Gasteiger partial charge in [0.25, 0.3) is 0 Å². The maximum Gasteiger partial charge on any atom is 0.417 e. The van der Waals surface area contributed by atoms with Crippen molar-refractivity contribution in [3.05, 3.63) is 35.4 Å². The lowest BCUT2D eigenvalue weighted by molar-refractivity contribution is -0.143. The van der Waals surface area contributed by atoms with E-state index < -0.39 is 23.5 Å². The van der Waals surface area contributed by atoms with Crippen LogP contribution < -0.4 is 0 Å². The van der Waals surface area contributed by atoms with E-state index in [0.717, 1.165) is 0 Å². The maximum absolute atomic E-state index is 12.0. The van der Waals surface area contributed by atoms with E-state index in [0.29, 0.717) is 12.1 Å². The van der Waals surface area contributed by atoms with Crippen LogP contribution in [-0.4, -0.2) is 0 Å². The molecule has 0 N–H and O–H groups in total. The summed E-state index contributed by atoms with van der Waals surface area (Å²) in [4.78, 5) is 0. The first-order valence-electron chi connectivity index (χ1n) is 3.37. The molecule has 0 nitrogen and oxygen atoms in total. The summed E-state index contributed by atoms with van der Waals surface area (Å²) >= 11 is 0. The molecule has 0 aliphatic rings. The van der Waals surface area contributed by atoms with E-state index in [-0.39, 0.29) is 6.07 Å². The van der Waals surface area contributed by atoms with Crippen molar-refractivity contribution in [3.8, 4) is 0 Å². The highest BCUT2D eigenvalue weighted by Gasteiger charge is 2.35. The predicted molar refractivity (Wildman–Crippen MR) is 35.3 cm³/mol. The van der Waals surface area contributed by atoms with Crippen molar-refractivity contribution in [2.75, 3.05) is 0 Å². The topological polar surface area (TPSA) is 0 Å². The summed E-state index contributed by atoms with van der Waals surface area (Å²) in [5.74, 6) is 0. The summed E-state index contributed by atoms with van der Waals surface area (Å²) in [5, 5.41) is 0. The van der Waals surface area contributed by atoms with E-state index in [1.165, 1.54) is 0 Å². The summed E-state index contributed by atoms with van der Waals surface area (Å²) in [6.07, 6.45) is -9.57. The molecule has 0 heterocycles. The van der Waals surface area contributed by atoms with Gasteiger partial charge in [0.2, 0.25) is 0 Å². The Hall–Kier alpha value is -1.20. The van der Waals surface area contributed by atoms with Gasteiger partial charge >= 0.3 is 12.4 Å². The van der Waals surface area contributed by atoms with Crippen LogP contribution in [0.1, 0.15) is 11.1 Å². The quantitative estimate of drug-likeness (QED) is 0.578. The summed E-state index contributed by atoms with van der Waals surface area (Å²) in [6.45, 7) is 0. The van der Waals surface area contributed by atoms with Gasteiger partial charge in [-0.05, 0) is 18.2 Å². The summed E-state index contributed by atoms with van der Waals surface area (Å²) in [6, 6.07) is 2.86. The van der Waals surface area contributed by atoms with Gasteiger partial charge in [-0.3, -0.25) is 0 Å². The Kier molecular flexibility index (Phi) is 2.47. The highest BCUT2D eigenvalue weighted by atomic mass is 19.4. The first-order chi connectivity index (χ1) is 6.21. The first-order valence-corrected chi connectivity index (χ1v) is 3.37. The summed E-state index contributed by atoms with van der Waals surface area (Å²) in [7, 11) is 0. The van der Waals surface area contributed by atoms with Gasteiger partial charge in [0, 0.05) is 0 Å². The minimum Gasteiger partial charge on any atom is -0.166 e. The average Bonchev–Trinajstić information content (AvgIpc) is 2.01. The van der Waals surface area contributed by atoms with E-state index >= 15 is 0 Å². The smallest absolute Gasteiger partial charge is 0.166 e. The molecule has 0 aliphatic carbocycles. The lowest BCUT2D eigenvalue weighted by Crippen LogP contribution is -2.10. The third kappa shape index (κ3) is 2.40. The van der Waals surface area contributed by atoms with Crippen molar-refractivity contribution in [1.29, 1.82) is 0 Å². The van der Waals surface area contributed by atoms with Crippen molar-refractivity contribution in [2.24, 2.45) is 0 Å². The van der Waals surface area contributed by atoms with Gasteiger partial charge in [-0.1, -0.05) is 6.07 Å². The van der Waals surface area contributed by atoms with Crippen molar-refractivity contribution < 1.29 is 26.3 Å². The molecule has 0 atom stereocenters. The van der Waals surface area contributed by atoms with Gasteiger partial charge in [0.15, 0.2) is 0 Å². The zero-order valence-electron chi connectivity index (χ0n) is 6.50. The second-order valence-electron chi connectivity index (χ2n) is 2.49. The molecule has 0 saturated heterocycles. The molecular formula is C8H3F6. The fraction of sp³-hybridized carbons (Fsp3) is 0.250. The molecular weight excluding hydrogens is 210 g/mol. The predicted octanol–water partition coefficient (Wildman–Crippen LogP) is 3.52. The Morgan fingerprint density at radius 2 is 1.50 bits per heavy atom. The molecule has 0 bridgehead atoms. The SMILES string of the molecule is FC(F)(F)c1[c]ccc(C(F)(F)F)c1. The van der Waals surface area contributed by atoms with Gasteiger partial charge in [-0.25, -0.2) is 0 Å². The molecule has 14 heavy (non-hydrogen) atoms. The summed E-state index contributed by atoms with van der Waals surface area (Å²) < 4.78 is 71.8. The number of benzene rings is 1. The number of alkyl halides is 6. The third-order valence-electron chi connectivity index (χ3n) is 1.43. The molecule has 1 radical (unpaired) electrons. The molecule has 1 aromatic rings. The van der Waals surface area contributed by atoms with E-state index in [2.05, 4.69) is 0 Å². The van der Waals surface area contributed by atoms with Crippen LogP contribution in [0.3, 0.4) is 0 Å². The van der Waals surface area contributed by atoms with Crippen LogP contribution in [0.25, 0.3) is 0 Å². The Morgan fingerprint density at radius 3 is 1.93 bits per heavy atom. The second-order valence-corrected chi connectivity index (χ2v) is 2.49. The van der Waals surface area contributed by atoms with Crippen molar-refractivity contribution in [2.45, 2.75) is 12.4 Å². The van der Waals surface area contributed by atoms with Crippen LogP contribution in [0.2, 0.25) is 0 Å². The van der Waals surface area contributed by atoms with Crippen molar-refractivity contribution >= 4 is 0 Å². The Balaban J connectivity index is 3.15. The lowest BCUT2D eigenvalue weighted by Gasteiger charge is -2.10. The highest BCUT2D eigenvalue weighted by Crippen LogP contribution is 2.34. The van der Waals surface area contributed by atoms with Crippen LogP contribution in [0.4, 0.5) is 26.3 Å². The molecule has 1 rings (SSSR count). The highest BCUT2D eigenvalue weighted by molar-refractivity contribution is 5.26. The van der Waals surface area contributed by atoms with Gasteiger partial charge in [0.1, 0.15) is 0 Å². The zero-order chi connectivity index (χ0) is 11.0. The zero-order valence-corrected chi connectivity index (χ0v) is 6.50. The number of hydrogen-bond acceptors (Lipinski definition) is 0. The largest absolute Gasteiger partial charge is 0.417 e. The minimum atomic E-state index is -4.80. The maximum atomic E-state index is 12.0. The van der Waals surface area contributed by atoms with Crippen LogP contribution >= 0.6 is 0 Å². The fourth-order valence-electron chi connectivity index (χ4n) is 0.806. The number of hydrogen-bond donors (Lipinski definition) is 0. The van der Waals surface area contributed by atoms with Crippen LogP contribution in [0.15, 0.2) is 18.2 Å². The monoisotopic (exact) mass is 213 g/mol. The lowest BCUT2D eigenvalue weighted by atomic mass is 10.1. The molecule has 0 fully saturated rings. The van der Waals surface area contributed by atoms with Gasteiger partial charge in [0.05, 0.1) is 11.1 Å². The van der Waals surface area contributed by atoms with E-state index in [1.807, 2.05) is 0 Å². The Morgan fingerprint density at radius 1 is 0.929 bits per heavy atom. The molecule has 0 saturated carbocycles. The number of rotatable bonds is 0. The normalized spacial score (nSPS) is 13.0. The van der Waals surface area contributed by atoms with Gasteiger partial charge in [-0.2, -0.15) is 26.3 Å². The van der Waals surface area contributed by atoms with Crippen molar-refractivity contribution in [1.82, 2.24) is 0 Å². The average molecular weight is 213 g/mol. The van der Waals surface area contributed by atoms with Crippen molar-refractivity contribution in [3.63, 3.8) is 0 Å². The minimum absolute atomic E-state index is 0.0278.